The highest BCUT2D eigenvalue weighted by Gasteiger charge is 2.27. The van der Waals surface area contributed by atoms with Crippen molar-refractivity contribution in [3.8, 4) is 5.75 Å². The number of sulfone groups is 1. The zero-order valence-electron chi connectivity index (χ0n) is 15.1. The third-order valence-electron chi connectivity index (χ3n) is 3.75. The monoisotopic (exact) mass is 340 g/mol. The third kappa shape index (κ3) is 5.34. The molecule has 1 rings (SSSR count). The zero-order valence-corrected chi connectivity index (χ0v) is 16.0. The molecule has 4 nitrogen and oxygen atoms in total. The van der Waals surface area contributed by atoms with Crippen LogP contribution in [0.15, 0.2) is 12.1 Å². The van der Waals surface area contributed by atoms with Crippen molar-refractivity contribution < 1.29 is 18.3 Å². The molecule has 0 spiro atoms. The van der Waals surface area contributed by atoms with Crippen molar-refractivity contribution in [1.82, 2.24) is 0 Å². The molecule has 0 saturated carbocycles. The van der Waals surface area contributed by atoms with Gasteiger partial charge in [0.25, 0.3) is 0 Å². The first-order chi connectivity index (χ1) is 10.1. The predicted octanol–water partition coefficient (Wildman–Crippen LogP) is 3.60. The van der Waals surface area contributed by atoms with Crippen LogP contribution in [0.4, 0.5) is 0 Å². The molecule has 0 bridgehead atoms. The molecular weight excluding hydrogens is 312 g/mol. The summed E-state index contributed by atoms with van der Waals surface area (Å²) in [6.45, 7) is 11.8. The van der Waals surface area contributed by atoms with E-state index in [1.807, 2.05) is 41.5 Å². The van der Waals surface area contributed by atoms with Gasteiger partial charge in [-0.3, -0.25) is 4.79 Å². The minimum Gasteiger partial charge on any atom is -0.507 e. The Morgan fingerprint density at radius 2 is 1.39 bits per heavy atom. The van der Waals surface area contributed by atoms with Crippen LogP contribution in [0.25, 0.3) is 0 Å². The Labute approximate surface area is 139 Å². The van der Waals surface area contributed by atoms with Gasteiger partial charge in [0.15, 0.2) is 5.78 Å². The smallest absolute Gasteiger partial charge is 0.163 e. The van der Waals surface area contributed by atoms with Crippen LogP contribution in [-0.4, -0.2) is 31.3 Å². The molecule has 0 aromatic heterocycles. The van der Waals surface area contributed by atoms with Gasteiger partial charge in [0.1, 0.15) is 15.6 Å². The highest BCUT2D eigenvalue weighted by Crippen LogP contribution is 2.39. The average molecular weight is 340 g/mol. The van der Waals surface area contributed by atoms with Gasteiger partial charge < -0.3 is 5.11 Å². The van der Waals surface area contributed by atoms with Crippen LogP contribution in [0.1, 0.15) is 69.4 Å². The van der Waals surface area contributed by atoms with Crippen molar-refractivity contribution in [3.05, 3.63) is 28.8 Å². The molecule has 0 unspecified atom stereocenters. The van der Waals surface area contributed by atoms with Gasteiger partial charge in [0.05, 0.1) is 5.75 Å². The van der Waals surface area contributed by atoms with E-state index in [1.165, 1.54) is 0 Å². The summed E-state index contributed by atoms with van der Waals surface area (Å²) in [4.78, 5) is 12.4. The van der Waals surface area contributed by atoms with Crippen molar-refractivity contribution in [2.24, 2.45) is 0 Å². The van der Waals surface area contributed by atoms with Crippen LogP contribution in [0.3, 0.4) is 0 Å². The van der Waals surface area contributed by atoms with Crippen molar-refractivity contribution in [3.63, 3.8) is 0 Å². The van der Waals surface area contributed by atoms with Gasteiger partial charge in [-0.25, -0.2) is 8.42 Å². The molecular formula is C18H28O4S. The van der Waals surface area contributed by atoms with Gasteiger partial charge in [-0.05, 0) is 23.0 Å². The summed E-state index contributed by atoms with van der Waals surface area (Å²) in [5.41, 5.74) is 1.22. The number of phenolic OH excluding ortho intramolecular Hbond substituents is 1. The van der Waals surface area contributed by atoms with Gasteiger partial charge in [-0.2, -0.15) is 0 Å². The number of carbonyl (C=O) groups is 1. The molecule has 0 saturated heterocycles. The zero-order chi connectivity index (χ0) is 18.2. The molecule has 0 aliphatic heterocycles. The molecule has 0 aliphatic carbocycles. The summed E-state index contributed by atoms with van der Waals surface area (Å²) in [5, 5.41) is 10.6. The van der Waals surface area contributed by atoms with E-state index in [9.17, 15) is 18.3 Å². The minimum absolute atomic E-state index is 0.0449. The lowest BCUT2D eigenvalue weighted by atomic mass is 9.78. The van der Waals surface area contributed by atoms with Gasteiger partial charge >= 0.3 is 0 Å². The van der Waals surface area contributed by atoms with Crippen molar-refractivity contribution in [1.29, 1.82) is 0 Å². The minimum atomic E-state index is -3.18. The summed E-state index contributed by atoms with van der Waals surface area (Å²) in [5.74, 6) is -0.168. The molecule has 0 heterocycles. The Hall–Kier alpha value is -1.36. The molecule has 23 heavy (non-hydrogen) atoms. The van der Waals surface area contributed by atoms with E-state index in [2.05, 4.69) is 0 Å². The molecule has 1 N–H and O–H groups in total. The summed E-state index contributed by atoms with van der Waals surface area (Å²) in [6, 6.07) is 3.38. The lowest BCUT2D eigenvalue weighted by molar-refractivity contribution is 0.0988. The first-order valence-corrected chi connectivity index (χ1v) is 9.78. The first kappa shape index (κ1) is 19.7. The third-order valence-corrected chi connectivity index (χ3v) is 4.69. The van der Waals surface area contributed by atoms with Gasteiger partial charge in [0, 0.05) is 29.4 Å². The number of ketones is 1. The van der Waals surface area contributed by atoms with Crippen LogP contribution in [0.2, 0.25) is 0 Å². The summed E-state index contributed by atoms with van der Waals surface area (Å²) in [6.07, 6.45) is 1.08. The van der Waals surface area contributed by atoms with E-state index < -0.39 is 9.84 Å². The fourth-order valence-electron chi connectivity index (χ4n) is 2.36. The molecule has 5 heteroatoms. The maximum absolute atomic E-state index is 12.4. The number of carbonyl (C=O) groups excluding carboxylic acids is 1. The topological polar surface area (TPSA) is 71.4 Å². The predicted molar refractivity (Wildman–Crippen MR) is 94.2 cm³/mol. The number of Topliss-reactive ketones (excluding diaryl/α,β-unsaturated/α-hetero) is 1. The van der Waals surface area contributed by atoms with Crippen LogP contribution in [0, 0.1) is 0 Å². The van der Waals surface area contributed by atoms with Crippen molar-refractivity contribution in [2.75, 3.05) is 12.0 Å². The fraction of sp³-hybridized carbons (Fsp3) is 0.611. The van der Waals surface area contributed by atoms with E-state index in [1.54, 1.807) is 12.1 Å². The maximum atomic E-state index is 12.4. The molecule has 0 radical (unpaired) electrons. The average Bonchev–Trinajstić information content (AvgIpc) is 2.32. The Kier molecular flexibility index (Phi) is 5.36. The Morgan fingerprint density at radius 1 is 1.00 bits per heavy atom. The molecule has 0 amide bonds. The molecule has 130 valence electrons. The molecule has 0 aliphatic rings. The number of aromatic hydroxyl groups is 1. The van der Waals surface area contributed by atoms with E-state index in [0.29, 0.717) is 16.7 Å². The number of hydrogen-bond donors (Lipinski definition) is 1. The maximum Gasteiger partial charge on any atom is 0.163 e. The van der Waals surface area contributed by atoms with E-state index in [0.717, 1.165) is 6.26 Å². The van der Waals surface area contributed by atoms with Crippen LogP contribution >= 0.6 is 0 Å². The lowest BCUT2D eigenvalue weighted by Crippen LogP contribution is -2.19. The normalized spacial score (nSPS) is 13.2. The number of rotatable bonds is 4. The molecule has 0 fully saturated rings. The summed E-state index contributed by atoms with van der Waals surface area (Å²) in [7, 11) is -3.18. The van der Waals surface area contributed by atoms with Crippen LogP contribution < -0.4 is 0 Å². The second-order valence-corrected chi connectivity index (χ2v) is 10.5. The second kappa shape index (κ2) is 6.27. The quantitative estimate of drug-likeness (QED) is 0.850. The summed E-state index contributed by atoms with van der Waals surface area (Å²) < 4.78 is 22.6. The molecule has 1 aromatic rings. The SMILES string of the molecule is CC(C)(C)c1cc(C(=O)CCS(C)(=O)=O)cc(C(C)(C)C)c1O. The van der Waals surface area contributed by atoms with E-state index in [4.69, 9.17) is 0 Å². The molecule has 1 aromatic carbocycles. The van der Waals surface area contributed by atoms with Crippen molar-refractivity contribution >= 4 is 15.6 Å². The first-order valence-electron chi connectivity index (χ1n) is 7.72. The lowest BCUT2D eigenvalue weighted by Gasteiger charge is -2.28. The van der Waals surface area contributed by atoms with Gasteiger partial charge in [-0.1, -0.05) is 41.5 Å². The number of benzene rings is 1. The summed E-state index contributed by atoms with van der Waals surface area (Å²) >= 11 is 0. The standard InChI is InChI=1S/C18H28O4S/c1-17(2,3)13-10-12(15(19)8-9-23(7,21)22)11-14(16(13)20)18(4,5)6/h10-11,20H,8-9H2,1-7H3. The second-order valence-electron chi connectivity index (χ2n) is 8.22. The number of hydrogen-bond acceptors (Lipinski definition) is 4. The Morgan fingerprint density at radius 3 is 1.70 bits per heavy atom. The number of phenols is 1. The fourth-order valence-corrected chi connectivity index (χ4v) is 2.92. The van der Waals surface area contributed by atoms with Crippen molar-refractivity contribution in [2.45, 2.75) is 58.8 Å². The largest absolute Gasteiger partial charge is 0.507 e. The Balaban J connectivity index is 3.42. The Bertz CT molecular complexity index is 667. The van der Waals surface area contributed by atoms with Gasteiger partial charge in [-0.15, -0.1) is 0 Å². The van der Waals surface area contributed by atoms with E-state index in [-0.39, 0.29) is 34.5 Å². The highest BCUT2D eigenvalue weighted by atomic mass is 32.2. The van der Waals surface area contributed by atoms with Gasteiger partial charge in [0.2, 0.25) is 0 Å². The van der Waals surface area contributed by atoms with Crippen LogP contribution in [0.5, 0.6) is 5.75 Å². The highest BCUT2D eigenvalue weighted by molar-refractivity contribution is 7.90. The van der Waals surface area contributed by atoms with E-state index >= 15 is 0 Å². The molecule has 0 atom stereocenters. The van der Waals surface area contributed by atoms with Crippen LogP contribution in [-0.2, 0) is 20.7 Å².